The second-order valence-electron chi connectivity index (χ2n) is 4.48. The normalized spacial score (nSPS) is 25.9. The Morgan fingerprint density at radius 3 is 3.12 bits per heavy atom. The molecule has 1 aliphatic rings. The third kappa shape index (κ3) is 2.25. The number of nitrogens with zero attached hydrogens (tertiary/aromatic N) is 3. The number of aromatic nitrogens is 3. The molecule has 2 rings (SSSR count). The molecule has 0 radical (unpaired) electrons. The first-order valence-corrected chi connectivity index (χ1v) is 5.85. The Morgan fingerprint density at radius 2 is 2.50 bits per heavy atom. The molecule has 1 aromatic heterocycles. The van der Waals surface area contributed by atoms with Crippen LogP contribution in [0.2, 0.25) is 0 Å². The largest absolute Gasteiger partial charge is 0.396 e. The van der Waals surface area contributed by atoms with Crippen molar-refractivity contribution in [3.05, 3.63) is 12.2 Å². The molecule has 0 amide bonds. The molecule has 1 aliphatic heterocycles. The first kappa shape index (κ1) is 11.5. The molecule has 1 saturated heterocycles. The van der Waals surface area contributed by atoms with Gasteiger partial charge in [0.1, 0.15) is 12.2 Å². The van der Waals surface area contributed by atoms with E-state index >= 15 is 0 Å². The number of hydrogen-bond acceptors (Lipinski definition) is 4. The van der Waals surface area contributed by atoms with Gasteiger partial charge in [-0.3, -0.25) is 4.68 Å². The third-order valence-electron chi connectivity index (χ3n) is 3.27. The molecule has 90 valence electrons. The van der Waals surface area contributed by atoms with Crippen molar-refractivity contribution in [1.82, 2.24) is 14.8 Å². The number of ether oxygens (including phenoxy) is 1. The number of hydrogen-bond donors (Lipinski definition) is 1. The monoisotopic (exact) mass is 225 g/mol. The van der Waals surface area contributed by atoms with Crippen LogP contribution in [0.15, 0.2) is 6.33 Å². The maximum Gasteiger partial charge on any atom is 0.138 e. The van der Waals surface area contributed by atoms with Crippen LogP contribution in [0, 0.1) is 5.41 Å². The maximum atomic E-state index is 9.57. The zero-order chi connectivity index (χ0) is 11.4. The summed E-state index contributed by atoms with van der Waals surface area (Å²) in [6.07, 6.45) is 4.34. The highest BCUT2D eigenvalue weighted by Crippen LogP contribution is 2.31. The van der Waals surface area contributed by atoms with Crippen LogP contribution in [0.1, 0.15) is 25.6 Å². The molecule has 1 unspecified atom stereocenters. The molecule has 0 spiro atoms. The Balaban J connectivity index is 2.11. The van der Waals surface area contributed by atoms with Crippen molar-refractivity contribution >= 4 is 0 Å². The summed E-state index contributed by atoms with van der Waals surface area (Å²) in [7, 11) is 0. The van der Waals surface area contributed by atoms with Crippen LogP contribution in [0.4, 0.5) is 0 Å². The number of aliphatic hydroxyl groups excluding tert-OH is 1. The minimum atomic E-state index is -0.155. The van der Waals surface area contributed by atoms with Crippen molar-refractivity contribution in [2.24, 2.45) is 5.41 Å². The molecule has 1 N–H and O–H groups in total. The molecule has 0 aliphatic carbocycles. The zero-order valence-corrected chi connectivity index (χ0v) is 9.72. The highest BCUT2D eigenvalue weighted by Gasteiger charge is 2.34. The molecule has 16 heavy (non-hydrogen) atoms. The average molecular weight is 225 g/mol. The van der Waals surface area contributed by atoms with Crippen LogP contribution in [0.5, 0.6) is 0 Å². The van der Waals surface area contributed by atoms with Crippen molar-refractivity contribution in [3.63, 3.8) is 0 Å². The van der Waals surface area contributed by atoms with Crippen molar-refractivity contribution in [3.8, 4) is 0 Å². The minimum Gasteiger partial charge on any atom is -0.396 e. The van der Waals surface area contributed by atoms with E-state index in [2.05, 4.69) is 10.1 Å². The van der Waals surface area contributed by atoms with E-state index in [1.807, 2.05) is 11.6 Å². The van der Waals surface area contributed by atoms with Gasteiger partial charge in [0.25, 0.3) is 0 Å². The Labute approximate surface area is 95.4 Å². The lowest BCUT2D eigenvalue weighted by Gasteiger charge is -2.34. The van der Waals surface area contributed by atoms with Gasteiger partial charge >= 0.3 is 0 Å². The van der Waals surface area contributed by atoms with Crippen LogP contribution < -0.4 is 0 Å². The summed E-state index contributed by atoms with van der Waals surface area (Å²) in [6, 6.07) is 0. The third-order valence-corrected chi connectivity index (χ3v) is 3.27. The number of aryl methyl sites for hydroxylation is 1. The van der Waals surface area contributed by atoms with Gasteiger partial charge in [-0.25, -0.2) is 4.98 Å². The summed E-state index contributed by atoms with van der Waals surface area (Å²) in [6.45, 7) is 4.45. The van der Waals surface area contributed by atoms with E-state index in [1.165, 1.54) is 0 Å². The summed E-state index contributed by atoms with van der Waals surface area (Å²) in [5.74, 6) is 0.946. The van der Waals surface area contributed by atoms with E-state index in [1.54, 1.807) is 6.33 Å². The van der Waals surface area contributed by atoms with E-state index in [-0.39, 0.29) is 12.0 Å². The fourth-order valence-corrected chi connectivity index (χ4v) is 2.25. The molecular weight excluding hydrogens is 206 g/mol. The maximum absolute atomic E-state index is 9.57. The van der Waals surface area contributed by atoms with Gasteiger partial charge in [-0.2, -0.15) is 5.10 Å². The average Bonchev–Trinajstić information content (AvgIpc) is 2.77. The van der Waals surface area contributed by atoms with Crippen LogP contribution in [-0.2, 0) is 17.7 Å². The summed E-state index contributed by atoms with van der Waals surface area (Å²) in [4.78, 5) is 4.26. The predicted molar refractivity (Wildman–Crippen MR) is 59.0 cm³/mol. The topological polar surface area (TPSA) is 60.2 Å². The van der Waals surface area contributed by atoms with Crippen LogP contribution >= 0.6 is 0 Å². The van der Waals surface area contributed by atoms with Gasteiger partial charge in [0.05, 0.1) is 13.2 Å². The lowest BCUT2D eigenvalue weighted by Crippen LogP contribution is -2.38. The molecule has 5 nitrogen and oxygen atoms in total. The van der Waals surface area contributed by atoms with Crippen molar-refractivity contribution in [1.29, 1.82) is 0 Å². The molecule has 1 atom stereocenters. The first-order valence-electron chi connectivity index (χ1n) is 5.85. The van der Waals surface area contributed by atoms with Gasteiger partial charge in [0, 0.05) is 25.0 Å². The summed E-state index contributed by atoms with van der Waals surface area (Å²) in [5.41, 5.74) is -0.155. The van der Waals surface area contributed by atoms with Crippen molar-refractivity contribution in [2.45, 2.75) is 32.7 Å². The zero-order valence-electron chi connectivity index (χ0n) is 9.72. The lowest BCUT2D eigenvalue weighted by atomic mass is 9.80. The van der Waals surface area contributed by atoms with Gasteiger partial charge in [0.2, 0.25) is 0 Å². The van der Waals surface area contributed by atoms with Crippen molar-refractivity contribution in [2.75, 3.05) is 19.8 Å². The second kappa shape index (κ2) is 4.93. The van der Waals surface area contributed by atoms with Gasteiger partial charge in [-0.15, -0.1) is 0 Å². The molecule has 1 fully saturated rings. The second-order valence-corrected chi connectivity index (χ2v) is 4.48. The van der Waals surface area contributed by atoms with E-state index in [9.17, 15) is 5.11 Å². The summed E-state index contributed by atoms with van der Waals surface area (Å²) < 4.78 is 7.36. The molecule has 2 heterocycles. The van der Waals surface area contributed by atoms with Gasteiger partial charge in [-0.1, -0.05) is 0 Å². The van der Waals surface area contributed by atoms with Gasteiger partial charge in [0.15, 0.2) is 0 Å². The van der Waals surface area contributed by atoms with Gasteiger partial charge in [-0.05, 0) is 19.8 Å². The highest BCUT2D eigenvalue weighted by atomic mass is 16.5. The van der Waals surface area contributed by atoms with Crippen LogP contribution in [0.3, 0.4) is 0 Å². The Hall–Kier alpha value is -0.940. The summed E-state index contributed by atoms with van der Waals surface area (Å²) >= 11 is 0. The first-order chi connectivity index (χ1) is 7.79. The smallest absolute Gasteiger partial charge is 0.138 e. The Bertz CT molecular complexity index is 332. The predicted octanol–water partition coefficient (Wildman–Crippen LogP) is 0.630. The highest BCUT2D eigenvalue weighted by molar-refractivity contribution is 4.95. The number of rotatable bonds is 4. The molecule has 5 heteroatoms. The Morgan fingerprint density at radius 1 is 1.62 bits per heavy atom. The SMILES string of the molecule is CCn1ncnc1CC1(CO)CCCOC1. The van der Waals surface area contributed by atoms with E-state index in [0.29, 0.717) is 6.61 Å². The molecule has 1 aromatic rings. The number of aliphatic hydroxyl groups is 1. The minimum absolute atomic E-state index is 0.155. The van der Waals surface area contributed by atoms with E-state index in [0.717, 1.165) is 38.2 Å². The molecule has 0 bridgehead atoms. The lowest BCUT2D eigenvalue weighted by molar-refractivity contribution is -0.0393. The summed E-state index contributed by atoms with van der Waals surface area (Å²) in [5, 5.41) is 13.7. The molecule has 0 aromatic carbocycles. The standard InChI is InChI=1S/C11H19N3O2/c1-2-14-10(12-9-13-14)6-11(7-15)4-3-5-16-8-11/h9,15H,2-8H2,1H3. The van der Waals surface area contributed by atoms with Crippen LogP contribution in [-0.4, -0.2) is 39.7 Å². The molecule has 0 saturated carbocycles. The van der Waals surface area contributed by atoms with Gasteiger partial charge < -0.3 is 9.84 Å². The van der Waals surface area contributed by atoms with E-state index < -0.39 is 0 Å². The molecular formula is C11H19N3O2. The fourth-order valence-electron chi connectivity index (χ4n) is 2.25. The van der Waals surface area contributed by atoms with E-state index in [4.69, 9.17) is 4.74 Å². The van der Waals surface area contributed by atoms with Crippen LogP contribution in [0.25, 0.3) is 0 Å². The van der Waals surface area contributed by atoms with Crippen molar-refractivity contribution < 1.29 is 9.84 Å². The fraction of sp³-hybridized carbons (Fsp3) is 0.818. The Kier molecular flexibility index (Phi) is 3.56. The quantitative estimate of drug-likeness (QED) is 0.816.